The summed E-state index contributed by atoms with van der Waals surface area (Å²) in [6.45, 7) is 2.04. The fourth-order valence-electron chi connectivity index (χ4n) is 3.54. The minimum Gasteiger partial charge on any atom is -0.359 e. The number of aliphatic imine (C=N–C) groups is 1. The van der Waals surface area contributed by atoms with Crippen molar-refractivity contribution in [3.05, 3.63) is 57.4 Å². The Balaban J connectivity index is 1.31. The number of thiophene rings is 1. The molecule has 0 bridgehead atoms. The van der Waals surface area contributed by atoms with E-state index < -0.39 is 0 Å². The highest BCUT2D eigenvalue weighted by Crippen LogP contribution is 2.25. The Kier molecular flexibility index (Phi) is 7.54. The minimum atomic E-state index is -0.126. The number of nitrogens with zero attached hydrogens (tertiary/aromatic N) is 3. The third-order valence-corrected chi connectivity index (χ3v) is 6.60. The number of aromatic nitrogens is 1. The van der Waals surface area contributed by atoms with Crippen LogP contribution >= 0.6 is 22.9 Å². The van der Waals surface area contributed by atoms with Gasteiger partial charge in [0.1, 0.15) is 5.69 Å². The molecule has 1 aromatic carbocycles. The van der Waals surface area contributed by atoms with E-state index in [1.165, 1.54) is 17.7 Å². The third-order valence-electron chi connectivity index (χ3n) is 5.38. The van der Waals surface area contributed by atoms with E-state index in [9.17, 15) is 9.59 Å². The largest absolute Gasteiger partial charge is 0.359 e. The molecule has 1 aliphatic heterocycles. The lowest BCUT2D eigenvalue weighted by molar-refractivity contribution is -0.124. The lowest BCUT2D eigenvalue weighted by Crippen LogP contribution is -2.37. The maximum atomic E-state index is 12.5. The van der Waals surface area contributed by atoms with Crippen LogP contribution in [0.5, 0.6) is 0 Å². The van der Waals surface area contributed by atoms with Gasteiger partial charge in [0.2, 0.25) is 5.91 Å². The summed E-state index contributed by atoms with van der Waals surface area (Å²) in [5.41, 5.74) is 2.24. The number of amides is 2. The van der Waals surface area contributed by atoms with Gasteiger partial charge in [0.05, 0.1) is 27.8 Å². The van der Waals surface area contributed by atoms with Crippen LogP contribution in [0, 0.1) is 5.92 Å². The number of hydrogen-bond donors (Lipinski definition) is 2. The smallest absolute Gasteiger partial charge is 0.264 e. The van der Waals surface area contributed by atoms with Gasteiger partial charge in [0.25, 0.3) is 5.91 Å². The molecule has 0 atom stereocenters. The number of benzene rings is 1. The van der Waals surface area contributed by atoms with Crippen molar-refractivity contribution in [3.63, 3.8) is 0 Å². The van der Waals surface area contributed by atoms with Crippen LogP contribution in [0.15, 0.2) is 52.0 Å². The normalized spacial score (nSPS) is 14.5. The fourth-order valence-corrected chi connectivity index (χ4v) is 4.57. The van der Waals surface area contributed by atoms with Gasteiger partial charge in [0.15, 0.2) is 5.76 Å². The van der Waals surface area contributed by atoms with Crippen LogP contribution in [0.2, 0.25) is 4.34 Å². The van der Waals surface area contributed by atoms with Gasteiger partial charge in [-0.1, -0.05) is 28.9 Å². The summed E-state index contributed by atoms with van der Waals surface area (Å²) in [5.74, 6) is 0.502. The van der Waals surface area contributed by atoms with Gasteiger partial charge >= 0.3 is 0 Å². The first-order chi connectivity index (χ1) is 16.0. The van der Waals surface area contributed by atoms with E-state index in [-0.39, 0.29) is 17.7 Å². The SMILES string of the molecule is CN(Cc1cc(-c2ccc(N=CNC(=O)C3CCNCC3)cc2)no1)C(=O)c1ccc(Cl)s1. The molecule has 33 heavy (non-hydrogen) atoms. The number of halogens is 1. The van der Waals surface area contributed by atoms with Crippen molar-refractivity contribution in [2.75, 3.05) is 20.1 Å². The minimum absolute atomic E-state index is 0.0117. The predicted octanol–water partition coefficient (Wildman–Crippen LogP) is 4.10. The monoisotopic (exact) mass is 485 g/mol. The Morgan fingerprint density at radius 2 is 2.03 bits per heavy atom. The number of nitrogens with one attached hydrogen (secondary N) is 2. The molecule has 2 amide bonds. The van der Waals surface area contributed by atoms with Gasteiger partial charge in [-0.05, 0) is 50.2 Å². The Bertz CT molecular complexity index is 1140. The molecule has 0 aliphatic carbocycles. The van der Waals surface area contributed by atoms with Crippen LogP contribution in [0.1, 0.15) is 28.3 Å². The molecule has 8 nitrogen and oxygen atoms in total. The van der Waals surface area contributed by atoms with Crippen LogP contribution in [-0.2, 0) is 11.3 Å². The van der Waals surface area contributed by atoms with Gasteiger partial charge < -0.3 is 20.1 Å². The van der Waals surface area contributed by atoms with Crippen LogP contribution in [-0.4, -0.2) is 48.3 Å². The van der Waals surface area contributed by atoms with E-state index in [1.54, 1.807) is 24.1 Å². The van der Waals surface area contributed by atoms with Crippen molar-refractivity contribution in [1.82, 2.24) is 20.7 Å². The Labute approximate surface area is 200 Å². The average molecular weight is 486 g/mol. The molecule has 2 aromatic heterocycles. The Morgan fingerprint density at radius 3 is 2.73 bits per heavy atom. The summed E-state index contributed by atoms with van der Waals surface area (Å²) in [5, 5.41) is 10.1. The summed E-state index contributed by atoms with van der Waals surface area (Å²) >= 11 is 7.16. The summed E-state index contributed by atoms with van der Waals surface area (Å²) in [7, 11) is 1.70. The maximum Gasteiger partial charge on any atom is 0.264 e. The molecule has 0 spiro atoms. The van der Waals surface area contributed by atoms with Crippen molar-refractivity contribution < 1.29 is 14.1 Å². The highest BCUT2D eigenvalue weighted by atomic mass is 35.5. The van der Waals surface area contributed by atoms with Crippen LogP contribution < -0.4 is 10.6 Å². The zero-order valence-electron chi connectivity index (χ0n) is 18.1. The zero-order chi connectivity index (χ0) is 23.2. The molecular formula is C23H24ClN5O3S. The molecule has 0 radical (unpaired) electrons. The van der Waals surface area contributed by atoms with Crippen molar-refractivity contribution in [2.45, 2.75) is 19.4 Å². The molecule has 1 saturated heterocycles. The number of piperidine rings is 1. The quantitative estimate of drug-likeness (QED) is 0.387. The molecule has 2 N–H and O–H groups in total. The maximum absolute atomic E-state index is 12.5. The number of carbonyl (C=O) groups excluding carboxylic acids is 2. The van der Waals surface area contributed by atoms with E-state index in [0.717, 1.165) is 31.5 Å². The van der Waals surface area contributed by atoms with E-state index in [1.807, 2.05) is 30.3 Å². The van der Waals surface area contributed by atoms with E-state index in [0.29, 0.717) is 32.9 Å². The molecule has 1 aliphatic rings. The van der Waals surface area contributed by atoms with Crippen molar-refractivity contribution in [2.24, 2.45) is 10.9 Å². The summed E-state index contributed by atoms with van der Waals surface area (Å²) in [6, 6.07) is 12.7. The first-order valence-electron chi connectivity index (χ1n) is 10.6. The van der Waals surface area contributed by atoms with E-state index in [2.05, 4.69) is 20.8 Å². The summed E-state index contributed by atoms with van der Waals surface area (Å²) < 4.78 is 5.99. The van der Waals surface area contributed by atoms with Gasteiger partial charge in [-0.2, -0.15) is 0 Å². The Hall–Kier alpha value is -3.01. The molecule has 172 valence electrons. The second-order valence-corrected chi connectivity index (χ2v) is 9.50. The van der Waals surface area contributed by atoms with Gasteiger partial charge in [-0.25, -0.2) is 4.99 Å². The second kappa shape index (κ2) is 10.7. The topological polar surface area (TPSA) is 99.8 Å². The van der Waals surface area contributed by atoms with Crippen LogP contribution in [0.3, 0.4) is 0 Å². The summed E-state index contributed by atoms with van der Waals surface area (Å²) in [6.07, 6.45) is 3.14. The van der Waals surface area contributed by atoms with Gasteiger partial charge in [-0.15, -0.1) is 11.3 Å². The standard InChI is InChI=1S/C23H24ClN5O3S/c1-29(23(31)20-6-7-21(24)33-20)13-18-12-19(28-32-18)15-2-4-17(5-3-15)26-14-27-22(30)16-8-10-25-11-9-16/h2-7,12,14,16,25H,8-11,13H2,1H3,(H,26,27,30). The first kappa shape index (κ1) is 23.2. The highest BCUT2D eigenvalue weighted by Gasteiger charge is 2.20. The molecule has 4 rings (SSSR count). The third kappa shape index (κ3) is 6.07. The van der Waals surface area contributed by atoms with E-state index >= 15 is 0 Å². The average Bonchev–Trinajstić information content (AvgIpc) is 3.48. The zero-order valence-corrected chi connectivity index (χ0v) is 19.7. The predicted molar refractivity (Wildman–Crippen MR) is 129 cm³/mol. The molecule has 10 heteroatoms. The molecular weight excluding hydrogens is 462 g/mol. The summed E-state index contributed by atoms with van der Waals surface area (Å²) in [4.78, 5) is 31.1. The lowest BCUT2D eigenvalue weighted by atomic mass is 9.97. The molecule has 1 fully saturated rings. The van der Waals surface area contributed by atoms with Gasteiger partial charge in [-0.3, -0.25) is 9.59 Å². The molecule has 3 aromatic rings. The molecule has 0 unspecified atom stereocenters. The Morgan fingerprint density at radius 1 is 1.27 bits per heavy atom. The second-order valence-electron chi connectivity index (χ2n) is 7.78. The van der Waals surface area contributed by atoms with Gasteiger partial charge in [0, 0.05) is 24.6 Å². The first-order valence-corrected chi connectivity index (χ1v) is 11.8. The number of carbonyl (C=O) groups is 2. The molecule has 0 saturated carbocycles. The number of hydrogen-bond acceptors (Lipinski definition) is 7. The van der Waals surface area contributed by atoms with Crippen molar-refractivity contribution >= 4 is 46.8 Å². The molecule has 3 heterocycles. The van der Waals surface area contributed by atoms with Crippen LogP contribution in [0.4, 0.5) is 5.69 Å². The lowest BCUT2D eigenvalue weighted by Gasteiger charge is -2.20. The van der Waals surface area contributed by atoms with Crippen molar-refractivity contribution in [1.29, 1.82) is 0 Å². The highest BCUT2D eigenvalue weighted by molar-refractivity contribution is 7.17. The fraction of sp³-hybridized carbons (Fsp3) is 0.304. The van der Waals surface area contributed by atoms with E-state index in [4.69, 9.17) is 16.1 Å². The van der Waals surface area contributed by atoms with Crippen LogP contribution in [0.25, 0.3) is 11.3 Å². The number of rotatable bonds is 7. The van der Waals surface area contributed by atoms with Crippen molar-refractivity contribution in [3.8, 4) is 11.3 Å².